The number of nitrogens with one attached hydrogen (secondary N) is 1. The van der Waals surface area contributed by atoms with Crippen LogP contribution in [0.3, 0.4) is 0 Å². The third kappa shape index (κ3) is 5.51. The molecule has 1 aliphatic heterocycles. The van der Waals surface area contributed by atoms with Crippen LogP contribution in [0.1, 0.15) is 12.8 Å². The van der Waals surface area contributed by atoms with Crippen molar-refractivity contribution in [3.8, 4) is 0 Å². The topological polar surface area (TPSA) is 15.3 Å². The van der Waals surface area contributed by atoms with E-state index in [0.29, 0.717) is 0 Å². The minimum absolute atomic E-state index is 0. The van der Waals surface area contributed by atoms with Crippen LogP contribution in [0, 0.1) is 0 Å². The highest BCUT2D eigenvalue weighted by molar-refractivity contribution is 9.09. The Hall–Kier alpha value is 0.880. The number of hydrogen-bond acceptors (Lipinski definition) is 2. The van der Waals surface area contributed by atoms with E-state index in [9.17, 15) is 0 Å². The lowest BCUT2D eigenvalue weighted by molar-refractivity contribution is 0.238. The van der Waals surface area contributed by atoms with Crippen molar-refractivity contribution in [2.75, 3.05) is 38.1 Å². The third-order valence-corrected chi connectivity index (χ3v) is 2.63. The van der Waals surface area contributed by atoms with Crippen molar-refractivity contribution < 1.29 is 0 Å². The molecule has 2 nitrogen and oxygen atoms in total. The largest absolute Gasteiger partial charge is 0.314 e. The molecule has 12 heavy (non-hydrogen) atoms. The van der Waals surface area contributed by atoms with Crippen molar-refractivity contribution in [2.45, 2.75) is 12.8 Å². The normalized spacial score (nSPS) is 18.8. The van der Waals surface area contributed by atoms with Crippen molar-refractivity contribution in [3.63, 3.8) is 0 Å². The highest BCUT2D eigenvalue weighted by atomic mass is 79.9. The fourth-order valence-electron chi connectivity index (χ4n) is 1.36. The summed E-state index contributed by atoms with van der Waals surface area (Å²) in [6, 6.07) is 0. The molecule has 1 saturated heterocycles. The monoisotopic (exact) mass is 300 g/mol. The minimum atomic E-state index is 0. The molecule has 1 aliphatic rings. The van der Waals surface area contributed by atoms with E-state index in [2.05, 4.69) is 26.1 Å². The van der Waals surface area contributed by atoms with Gasteiger partial charge in [-0.3, -0.25) is 0 Å². The highest BCUT2D eigenvalue weighted by Gasteiger charge is 2.07. The second-order valence-corrected chi connectivity index (χ2v) is 3.78. The van der Waals surface area contributed by atoms with Gasteiger partial charge in [-0.25, -0.2) is 0 Å². The molecular formula is C8H18Br2N2. The zero-order chi connectivity index (χ0) is 7.94. The van der Waals surface area contributed by atoms with Crippen LogP contribution in [-0.2, 0) is 0 Å². The van der Waals surface area contributed by atoms with E-state index in [1.165, 1.54) is 45.6 Å². The van der Waals surface area contributed by atoms with Gasteiger partial charge in [0.1, 0.15) is 0 Å². The Labute approximate surface area is 94.0 Å². The molecule has 4 heteroatoms. The first kappa shape index (κ1) is 12.9. The van der Waals surface area contributed by atoms with Crippen LogP contribution in [0.5, 0.6) is 0 Å². The second-order valence-electron chi connectivity index (χ2n) is 2.99. The van der Waals surface area contributed by atoms with Crippen LogP contribution in [0.15, 0.2) is 0 Å². The minimum Gasteiger partial charge on any atom is -0.314 e. The lowest BCUT2D eigenvalue weighted by Crippen LogP contribution is -2.43. The molecule has 1 N–H and O–H groups in total. The van der Waals surface area contributed by atoms with E-state index in [4.69, 9.17) is 0 Å². The zero-order valence-electron chi connectivity index (χ0n) is 7.39. The second kappa shape index (κ2) is 8.48. The van der Waals surface area contributed by atoms with Gasteiger partial charge in [-0.05, 0) is 19.4 Å². The smallest absolute Gasteiger partial charge is 0.0107 e. The molecule has 0 aliphatic carbocycles. The van der Waals surface area contributed by atoms with E-state index in [-0.39, 0.29) is 17.0 Å². The van der Waals surface area contributed by atoms with Gasteiger partial charge in [0.2, 0.25) is 0 Å². The Balaban J connectivity index is 0.00000121. The molecule has 0 radical (unpaired) electrons. The summed E-state index contributed by atoms with van der Waals surface area (Å²) in [5.74, 6) is 0. The molecule has 0 unspecified atom stereocenters. The van der Waals surface area contributed by atoms with Crippen LogP contribution in [-0.4, -0.2) is 43.0 Å². The summed E-state index contributed by atoms with van der Waals surface area (Å²) in [7, 11) is 0. The molecule has 0 atom stereocenters. The van der Waals surface area contributed by atoms with Crippen molar-refractivity contribution in [1.82, 2.24) is 10.2 Å². The van der Waals surface area contributed by atoms with Gasteiger partial charge in [-0.1, -0.05) is 15.9 Å². The lowest BCUT2D eigenvalue weighted by atomic mass is 10.3. The van der Waals surface area contributed by atoms with Gasteiger partial charge in [-0.15, -0.1) is 17.0 Å². The lowest BCUT2D eigenvalue weighted by Gasteiger charge is -2.26. The first-order valence-corrected chi connectivity index (χ1v) is 5.54. The van der Waals surface area contributed by atoms with Gasteiger partial charge in [0.25, 0.3) is 0 Å². The van der Waals surface area contributed by atoms with E-state index < -0.39 is 0 Å². The van der Waals surface area contributed by atoms with Gasteiger partial charge >= 0.3 is 0 Å². The fourth-order valence-corrected chi connectivity index (χ4v) is 1.76. The summed E-state index contributed by atoms with van der Waals surface area (Å²) < 4.78 is 0. The van der Waals surface area contributed by atoms with Gasteiger partial charge in [0.15, 0.2) is 0 Å². The molecule has 0 amide bonds. The number of nitrogens with zero attached hydrogens (tertiary/aromatic N) is 1. The van der Waals surface area contributed by atoms with Crippen LogP contribution >= 0.6 is 32.9 Å². The molecule has 1 heterocycles. The van der Waals surface area contributed by atoms with Crippen molar-refractivity contribution >= 4 is 32.9 Å². The van der Waals surface area contributed by atoms with E-state index in [1.54, 1.807) is 0 Å². The Morgan fingerprint density at radius 2 is 1.83 bits per heavy atom. The molecule has 1 fully saturated rings. The molecule has 0 saturated carbocycles. The molecule has 0 aromatic heterocycles. The Morgan fingerprint density at radius 3 is 2.42 bits per heavy atom. The highest BCUT2D eigenvalue weighted by Crippen LogP contribution is 1.98. The summed E-state index contributed by atoms with van der Waals surface area (Å²) in [6.07, 6.45) is 2.65. The Bertz CT molecular complexity index is 95.1. The maximum absolute atomic E-state index is 3.44. The molecule has 0 aromatic carbocycles. The maximum atomic E-state index is 3.44. The molecule has 0 spiro atoms. The third-order valence-electron chi connectivity index (χ3n) is 2.07. The molecule has 1 rings (SSSR count). The zero-order valence-corrected chi connectivity index (χ0v) is 10.7. The number of halogens is 2. The summed E-state index contributed by atoms with van der Waals surface area (Å²) in [6.45, 7) is 6.11. The van der Waals surface area contributed by atoms with Crippen LogP contribution < -0.4 is 5.32 Å². The maximum Gasteiger partial charge on any atom is 0.0107 e. The van der Waals surface area contributed by atoms with Crippen LogP contribution in [0.4, 0.5) is 0 Å². The van der Waals surface area contributed by atoms with Gasteiger partial charge in [0.05, 0.1) is 0 Å². The number of piperazine rings is 1. The van der Waals surface area contributed by atoms with Crippen LogP contribution in [0.2, 0.25) is 0 Å². The Kier molecular flexibility index (Phi) is 9.10. The first-order chi connectivity index (χ1) is 5.43. The van der Waals surface area contributed by atoms with Gasteiger partial charge in [0, 0.05) is 31.5 Å². The fraction of sp³-hybridized carbons (Fsp3) is 1.00. The predicted octanol–water partition coefficient (Wildman–Crippen LogP) is 1.64. The van der Waals surface area contributed by atoms with Crippen LogP contribution in [0.25, 0.3) is 0 Å². The first-order valence-electron chi connectivity index (χ1n) is 4.42. The van der Waals surface area contributed by atoms with Gasteiger partial charge < -0.3 is 10.2 Å². The number of unbranched alkanes of at least 4 members (excludes halogenated alkanes) is 1. The molecule has 0 aromatic rings. The summed E-state index contributed by atoms with van der Waals surface area (Å²) in [4.78, 5) is 2.54. The quantitative estimate of drug-likeness (QED) is 0.627. The van der Waals surface area contributed by atoms with Crippen molar-refractivity contribution in [1.29, 1.82) is 0 Å². The van der Waals surface area contributed by atoms with E-state index >= 15 is 0 Å². The van der Waals surface area contributed by atoms with E-state index in [0.717, 1.165) is 5.33 Å². The molecule has 0 bridgehead atoms. The van der Waals surface area contributed by atoms with Crippen molar-refractivity contribution in [3.05, 3.63) is 0 Å². The average Bonchev–Trinajstić information content (AvgIpc) is 2.07. The standard InChI is InChI=1S/C8H17BrN2.BrH/c9-3-1-2-6-11-7-4-10-5-8-11;/h10H,1-8H2;1H. The average molecular weight is 302 g/mol. The SMILES string of the molecule is Br.BrCCCCN1CCNCC1. The van der Waals surface area contributed by atoms with E-state index in [1.807, 2.05) is 0 Å². The Morgan fingerprint density at radius 1 is 1.17 bits per heavy atom. The van der Waals surface area contributed by atoms with Crippen molar-refractivity contribution in [2.24, 2.45) is 0 Å². The number of rotatable bonds is 4. The summed E-state index contributed by atoms with van der Waals surface area (Å²) >= 11 is 3.44. The molecule has 74 valence electrons. The number of hydrogen-bond donors (Lipinski definition) is 1. The molecular weight excluding hydrogens is 284 g/mol. The number of alkyl halides is 1. The summed E-state index contributed by atoms with van der Waals surface area (Å²) in [5, 5.41) is 4.51. The summed E-state index contributed by atoms with van der Waals surface area (Å²) in [5.41, 5.74) is 0. The van der Waals surface area contributed by atoms with Gasteiger partial charge in [-0.2, -0.15) is 0 Å². The predicted molar refractivity (Wildman–Crippen MR) is 62.7 cm³/mol.